The fourth-order valence-corrected chi connectivity index (χ4v) is 2.19. The molecule has 1 atom stereocenters. The van der Waals surface area contributed by atoms with Crippen molar-refractivity contribution in [2.75, 3.05) is 5.32 Å². The number of benzene rings is 2. The highest BCUT2D eigenvalue weighted by Crippen LogP contribution is 2.25. The van der Waals surface area contributed by atoms with E-state index in [4.69, 9.17) is 23.2 Å². The summed E-state index contributed by atoms with van der Waals surface area (Å²) in [6.45, 7) is 0. The van der Waals surface area contributed by atoms with Crippen LogP contribution in [-0.2, 0) is 4.79 Å². The molecule has 0 aliphatic carbocycles. The van der Waals surface area contributed by atoms with Crippen molar-refractivity contribution >= 4 is 34.9 Å². The predicted octanol–water partition coefficient (Wildman–Crippen LogP) is 4.37. The minimum atomic E-state index is -1.15. The second-order valence-electron chi connectivity index (χ2n) is 4.13. The summed E-state index contributed by atoms with van der Waals surface area (Å²) in [5.74, 6) is -1.74. The lowest BCUT2D eigenvalue weighted by Gasteiger charge is -2.16. The van der Waals surface area contributed by atoms with Crippen LogP contribution in [0.25, 0.3) is 0 Å². The van der Waals surface area contributed by atoms with E-state index in [0.717, 1.165) is 12.1 Å². The summed E-state index contributed by atoms with van der Waals surface area (Å²) in [5, 5.41) is 12.7. The molecule has 20 heavy (non-hydrogen) atoms. The lowest BCUT2D eigenvalue weighted by Crippen LogP contribution is -2.20. The van der Waals surface area contributed by atoms with Gasteiger partial charge >= 0.3 is 5.97 Å². The monoisotopic (exact) mass is 313 g/mol. The quantitative estimate of drug-likeness (QED) is 0.881. The maximum atomic E-state index is 13.3. The molecule has 3 nitrogen and oxygen atoms in total. The molecule has 0 fully saturated rings. The van der Waals surface area contributed by atoms with Gasteiger partial charge in [0.1, 0.15) is 5.82 Å². The molecule has 6 heteroatoms. The molecular weight excluding hydrogens is 304 g/mol. The van der Waals surface area contributed by atoms with E-state index in [9.17, 15) is 14.3 Å². The van der Waals surface area contributed by atoms with Gasteiger partial charge in [0.15, 0.2) is 6.04 Å². The van der Waals surface area contributed by atoms with Gasteiger partial charge < -0.3 is 10.4 Å². The molecular formula is C14H10Cl2FNO2. The Morgan fingerprint density at radius 2 is 1.90 bits per heavy atom. The van der Waals surface area contributed by atoms with Crippen LogP contribution in [0.4, 0.5) is 10.1 Å². The van der Waals surface area contributed by atoms with E-state index < -0.39 is 17.8 Å². The van der Waals surface area contributed by atoms with Crippen LogP contribution in [0, 0.1) is 5.82 Å². The number of nitrogens with one attached hydrogen (secondary N) is 1. The first-order valence-corrected chi connectivity index (χ1v) is 6.42. The summed E-state index contributed by atoms with van der Waals surface area (Å²) in [6.07, 6.45) is 0. The lowest BCUT2D eigenvalue weighted by molar-refractivity contribution is -0.138. The van der Waals surface area contributed by atoms with Crippen LogP contribution >= 0.6 is 23.2 Å². The van der Waals surface area contributed by atoms with Gasteiger partial charge in [-0.1, -0.05) is 29.3 Å². The predicted molar refractivity (Wildman–Crippen MR) is 76.9 cm³/mol. The molecule has 0 heterocycles. The summed E-state index contributed by atoms with van der Waals surface area (Å²) in [6, 6.07) is 9.12. The number of rotatable bonds is 4. The fraction of sp³-hybridized carbons (Fsp3) is 0.0714. The first kappa shape index (κ1) is 14.6. The van der Waals surface area contributed by atoms with Gasteiger partial charge in [0.05, 0.1) is 0 Å². The first-order chi connectivity index (χ1) is 9.45. The number of carbonyl (C=O) groups is 1. The van der Waals surface area contributed by atoms with Crippen molar-refractivity contribution < 1.29 is 14.3 Å². The van der Waals surface area contributed by atoms with E-state index >= 15 is 0 Å². The Hall–Kier alpha value is -1.78. The molecule has 2 aromatic carbocycles. The zero-order valence-electron chi connectivity index (χ0n) is 10.1. The second kappa shape index (κ2) is 6.11. The van der Waals surface area contributed by atoms with Gasteiger partial charge in [0, 0.05) is 15.7 Å². The van der Waals surface area contributed by atoms with Crippen molar-refractivity contribution in [2.45, 2.75) is 6.04 Å². The molecule has 104 valence electrons. The molecule has 0 saturated heterocycles. The van der Waals surface area contributed by atoms with Crippen LogP contribution in [0.5, 0.6) is 0 Å². The Labute approximate surface area is 124 Å². The third kappa shape index (κ3) is 3.62. The van der Waals surface area contributed by atoms with Crippen LogP contribution in [0.1, 0.15) is 11.6 Å². The number of anilines is 1. The number of halogens is 3. The Balaban J connectivity index is 2.34. The largest absolute Gasteiger partial charge is 0.479 e. The van der Waals surface area contributed by atoms with Crippen LogP contribution < -0.4 is 5.32 Å². The number of aliphatic carboxylic acids is 1. The molecule has 0 aliphatic rings. The summed E-state index contributed by atoms with van der Waals surface area (Å²) < 4.78 is 13.3. The summed E-state index contributed by atoms with van der Waals surface area (Å²) in [7, 11) is 0. The van der Waals surface area contributed by atoms with E-state index in [2.05, 4.69) is 5.32 Å². The van der Waals surface area contributed by atoms with Gasteiger partial charge in [-0.05, 0) is 42.0 Å². The van der Waals surface area contributed by atoms with Crippen molar-refractivity contribution in [1.82, 2.24) is 0 Å². The standard InChI is InChI=1S/C14H10Cl2FNO2/c15-9-2-1-3-12(7-9)18-13(14(19)20)8-4-10(16)6-11(17)5-8/h1-7,13,18H,(H,19,20). The molecule has 0 aromatic heterocycles. The molecule has 0 saturated carbocycles. The van der Waals surface area contributed by atoms with E-state index in [1.165, 1.54) is 6.07 Å². The van der Waals surface area contributed by atoms with Gasteiger partial charge in [0.2, 0.25) is 0 Å². The normalized spacial score (nSPS) is 11.9. The summed E-state index contributed by atoms with van der Waals surface area (Å²) >= 11 is 11.6. The minimum absolute atomic E-state index is 0.138. The Bertz CT molecular complexity index is 629. The van der Waals surface area contributed by atoms with Crippen LogP contribution in [0.2, 0.25) is 10.0 Å². The maximum Gasteiger partial charge on any atom is 0.330 e. The van der Waals surface area contributed by atoms with Crippen LogP contribution in [-0.4, -0.2) is 11.1 Å². The molecule has 0 bridgehead atoms. The first-order valence-electron chi connectivity index (χ1n) is 5.66. The molecule has 2 N–H and O–H groups in total. The van der Waals surface area contributed by atoms with Gasteiger partial charge in [-0.15, -0.1) is 0 Å². The minimum Gasteiger partial charge on any atom is -0.479 e. The molecule has 2 aromatic rings. The van der Waals surface area contributed by atoms with E-state index in [-0.39, 0.29) is 10.6 Å². The number of carboxylic acids is 1. The lowest BCUT2D eigenvalue weighted by atomic mass is 10.1. The molecule has 0 amide bonds. The van der Waals surface area contributed by atoms with E-state index in [1.54, 1.807) is 24.3 Å². The highest BCUT2D eigenvalue weighted by Gasteiger charge is 2.21. The van der Waals surface area contributed by atoms with E-state index in [1.807, 2.05) is 0 Å². The fourth-order valence-electron chi connectivity index (χ4n) is 1.77. The SMILES string of the molecule is O=C(O)C(Nc1cccc(Cl)c1)c1cc(F)cc(Cl)c1. The second-order valence-corrected chi connectivity index (χ2v) is 5.00. The topological polar surface area (TPSA) is 49.3 Å². The number of carboxylic acid groups (broad SMARTS) is 1. The molecule has 0 aliphatic heterocycles. The van der Waals surface area contributed by atoms with Gasteiger partial charge in [-0.25, -0.2) is 9.18 Å². The highest BCUT2D eigenvalue weighted by atomic mass is 35.5. The third-order valence-corrected chi connectivity index (χ3v) is 3.05. The van der Waals surface area contributed by atoms with Crippen molar-refractivity contribution in [3.8, 4) is 0 Å². The van der Waals surface area contributed by atoms with Crippen LogP contribution in [0.3, 0.4) is 0 Å². The van der Waals surface area contributed by atoms with Crippen molar-refractivity contribution in [2.24, 2.45) is 0 Å². The summed E-state index contributed by atoms with van der Waals surface area (Å²) in [4.78, 5) is 11.4. The van der Waals surface area contributed by atoms with E-state index in [0.29, 0.717) is 10.7 Å². The molecule has 1 unspecified atom stereocenters. The zero-order chi connectivity index (χ0) is 14.7. The molecule has 0 spiro atoms. The summed E-state index contributed by atoms with van der Waals surface area (Å²) in [5.41, 5.74) is 0.743. The van der Waals surface area contributed by atoms with Crippen molar-refractivity contribution in [1.29, 1.82) is 0 Å². The van der Waals surface area contributed by atoms with Gasteiger partial charge in [0.25, 0.3) is 0 Å². The Morgan fingerprint density at radius 3 is 2.50 bits per heavy atom. The van der Waals surface area contributed by atoms with Gasteiger partial charge in [-0.3, -0.25) is 0 Å². The highest BCUT2D eigenvalue weighted by molar-refractivity contribution is 6.31. The molecule has 2 rings (SSSR count). The maximum absolute atomic E-state index is 13.3. The molecule has 0 radical (unpaired) electrons. The van der Waals surface area contributed by atoms with Crippen LogP contribution in [0.15, 0.2) is 42.5 Å². The van der Waals surface area contributed by atoms with Gasteiger partial charge in [-0.2, -0.15) is 0 Å². The van der Waals surface area contributed by atoms with Crippen molar-refractivity contribution in [3.05, 3.63) is 63.9 Å². The zero-order valence-corrected chi connectivity index (χ0v) is 11.6. The average Bonchev–Trinajstić information content (AvgIpc) is 2.34. The Kier molecular flexibility index (Phi) is 4.47. The van der Waals surface area contributed by atoms with Crippen molar-refractivity contribution in [3.63, 3.8) is 0 Å². The third-order valence-electron chi connectivity index (χ3n) is 2.60. The Morgan fingerprint density at radius 1 is 1.15 bits per heavy atom. The number of hydrogen-bond donors (Lipinski definition) is 2. The average molecular weight is 314 g/mol. The number of hydrogen-bond acceptors (Lipinski definition) is 2. The smallest absolute Gasteiger partial charge is 0.330 e.